The Morgan fingerprint density at radius 2 is 1.91 bits per heavy atom. The molecule has 0 aliphatic heterocycles. The number of carbonyl (C=O) groups excluding carboxylic acids is 1. The Hall–Kier alpha value is -4.71. The largest absolute Gasteiger partial charge is 0.497 e. The van der Waals surface area contributed by atoms with Crippen LogP contribution in [-0.4, -0.2) is 31.2 Å². The van der Waals surface area contributed by atoms with Crippen LogP contribution in [0.3, 0.4) is 0 Å². The lowest BCUT2D eigenvalue weighted by Crippen LogP contribution is -2.13. The molecule has 33 heavy (non-hydrogen) atoms. The molecule has 0 aliphatic carbocycles. The van der Waals surface area contributed by atoms with Crippen LogP contribution in [0.5, 0.6) is 17.2 Å². The summed E-state index contributed by atoms with van der Waals surface area (Å²) in [6.07, 6.45) is 1.42. The van der Waals surface area contributed by atoms with Crippen molar-refractivity contribution in [1.29, 1.82) is 5.26 Å². The minimum absolute atomic E-state index is 0.00871. The van der Waals surface area contributed by atoms with Crippen molar-refractivity contribution in [2.45, 2.75) is 6.61 Å². The molecule has 168 valence electrons. The van der Waals surface area contributed by atoms with Gasteiger partial charge < -0.3 is 29.1 Å². The number of nitriles is 1. The Balaban J connectivity index is 1.73. The molecule has 0 atom stereocenters. The minimum atomic E-state index is -1.17. The molecule has 1 aromatic heterocycles. The maximum absolute atomic E-state index is 12.5. The number of rotatable bonds is 9. The van der Waals surface area contributed by atoms with Crippen molar-refractivity contribution in [3.05, 3.63) is 77.3 Å². The van der Waals surface area contributed by atoms with Crippen molar-refractivity contribution in [3.63, 3.8) is 0 Å². The Morgan fingerprint density at radius 1 is 1.09 bits per heavy atom. The van der Waals surface area contributed by atoms with E-state index in [1.165, 1.54) is 32.4 Å². The van der Waals surface area contributed by atoms with Crippen LogP contribution in [0.2, 0.25) is 0 Å². The van der Waals surface area contributed by atoms with E-state index < -0.39 is 11.9 Å². The number of amides is 1. The highest BCUT2D eigenvalue weighted by Gasteiger charge is 2.13. The van der Waals surface area contributed by atoms with Gasteiger partial charge in [-0.1, -0.05) is 12.1 Å². The number of methoxy groups -OCH3 is 2. The van der Waals surface area contributed by atoms with E-state index in [2.05, 4.69) is 5.32 Å². The van der Waals surface area contributed by atoms with E-state index in [0.29, 0.717) is 34.3 Å². The predicted octanol–water partition coefficient (Wildman–Crippen LogP) is 4.12. The monoisotopic (exact) mass is 448 g/mol. The second-order valence-electron chi connectivity index (χ2n) is 6.63. The lowest BCUT2D eigenvalue weighted by Gasteiger charge is -2.11. The molecule has 0 saturated heterocycles. The molecule has 9 heteroatoms. The Kier molecular flexibility index (Phi) is 7.34. The molecule has 9 nitrogen and oxygen atoms in total. The number of furan rings is 1. The minimum Gasteiger partial charge on any atom is -0.497 e. The van der Waals surface area contributed by atoms with Crippen molar-refractivity contribution >= 4 is 23.6 Å². The van der Waals surface area contributed by atoms with Crippen LogP contribution in [0.25, 0.3) is 6.08 Å². The number of ether oxygens (including phenoxy) is 3. The first-order chi connectivity index (χ1) is 15.9. The lowest BCUT2D eigenvalue weighted by atomic mass is 10.1. The Labute approximate surface area is 189 Å². The second-order valence-corrected chi connectivity index (χ2v) is 6.63. The van der Waals surface area contributed by atoms with Crippen LogP contribution in [0.1, 0.15) is 21.9 Å². The molecular weight excluding hydrogens is 428 g/mol. The summed E-state index contributed by atoms with van der Waals surface area (Å²) in [5.41, 5.74) is 0.929. The summed E-state index contributed by atoms with van der Waals surface area (Å²) in [4.78, 5) is 23.4. The fourth-order valence-corrected chi connectivity index (χ4v) is 2.83. The van der Waals surface area contributed by atoms with Crippen LogP contribution < -0.4 is 19.5 Å². The molecule has 0 fully saturated rings. The molecule has 0 aliphatic rings. The highest BCUT2D eigenvalue weighted by atomic mass is 16.5. The van der Waals surface area contributed by atoms with Gasteiger partial charge in [0.05, 0.1) is 14.2 Å². The number of benzene rings is 2. The molecule has 3 rings (SSSR count). The zero-order valence-electron chi connectivity index (χ0n) is 17.8. The molecule has 3 aromatic rings. The van der Waals surface area contributed by atoms with Gasteiger partial charge in [-0.05, 0) is 48.0 Å². The first-order valence-electron chi connectivity index (χ1n) is 9.63. The summed E-state index contributed by atoms with van der Waals surface area (Å²) in [5.74, 6) is -0.279. The van der Waals surface area contributed by atoms with Gasteiger partial charge in [0, 0.05) is 11.8 Å². The van der Waals surface area contributed by atoms with Gasteiger partial charge in [-0.2, -0.15) is 5.26 Å². The van der Waals surface area contributed by atoms with Crippen LogP contribution in [0.15, 0.2) is 64.6 Å². The molecule has 2 N–H and O–H groups in total. The molecule has 1 heterocycles. The number of nitrogens with zero attached hydrogens (tertiary/aromatic N) is 1. The van der Waals surface area contributed by atoms with Gasteiger partial charge in [0.1, 0.15) is 29.8 Å². The topological polar surface area (TPSA) is 131 Å². The summed E-state index contributed by atoms with van der Waals surface area (Å²) < 4.78 is 21.3. The second kappa shape index (κ2) is 10.5. The van der Waals surface area contributed by atoms with Crippen molar-refractivity contribution in [2.75, 3.05) is 19.5 Å². The maximum atomic E-state index is 12.5. The number of anilines is 1. The third kappa shape index (κ3) is 5.92. The first-order valence-corrected chi connectivity index (χ1v) is 9.63. The van der Waals surface area contributed by atoms with Crippen LogP contribution in [0.4, 0.5) is 5.69 Å². The summed E-state index contributed by atoms with van der Waals surface area (Å²) in [7, 11) is 2.97. The van der Waals surface area contributed by atoms with Gasteiger partial charge in [0.25, 0.3) is 5.91 Å². The van der Waals surface area contributed by atoms with Crippen molar-refractivity contribution in [1.82, 2.24) is 0 Å². The van der Waals surface area contributed by atoms with E-state index in [0.717, 1.165) is 0 Å². The molecule has 0 bridgehead atoms. The van der Waals surface area contributed by atoms with Crippen LogP contribution >= 0.6 is 0 Å². The van der Waals surface area contributed by atoms with Gasteiger partial charge in [0.15, 0.2) is 11.5 Å². The lowest BCUT2D eigenvalue weighted by molar-refractivity contribution is -0.112. The Bertz CT molecular complexity index is 1240. The van der Waals surface area contributed by atoms with E-state index in [-0.39, 0.29) is 17.9 Å². The average molecular weight is 448 g/mol. The summed E-state index contributed by atoms with van der Waals surface area (Å²) in [6.45, 7) is -0.00871. The number of nitrogens with one attached hydrogen (secondary N) is 1. The fraction of sp³-hybridized carbons (Fsp3) is 0.125. The number of hydrogen-bond donors (Lipinski definition) is 2. The number of carboxylic acids is 1. The third-order valence-electron chi connectivity index (χ3n) is 4.43. The molecule has 0 radical (unpaired) electrons. The normalized spacial score (nSPS) is 10.8. The molecule has 2 aromatic carbocycles. The van der Waals surface area contributed by atoms with Crippen LogP contribution in [0, 0.1) is 11.3 Å². The standard InChI is InChI=1S/C24H20N2O7/c1-30-18-5-3-4-17(12-18)26-23(27)16(13-25)10-15-6-8-20(22(11-15)31-2)32-14-19-7-9-21(33-19)24(28)29/h3-12H,14H2,1-2H3,(H,26,27)(H,28,29). The molecule has 1 amide bonds. The summed E-state index contributed by atoms with van der Waals surface area (Å²) in [5, 5.41) is 21.0. The van der Waals surface area contributed by atoms with Crippen molar-refractivity contribution in [3.8, 4) is 23.3 Å². The van der Waals surface area contributed by atoms with Gasteiger partial charge in [-0.25, -0.2) is 4.79 Å². The van der Waals surface area contributed by atoms with E-state index in [9.17, 15) is 14.9 Å². The van der Waals surface area contributed by atoms with E-state index in [1.807, 2.05) is 6.07 Å². The fourth-order valence-electron chi connectivity index (χ4n) is 2.83. The molecule has 0 saturated carbocycles. The smallest absolute Gasteiger partial charge is 0.371 e. The first kappa shape index (κ1) is 23.0. The highest BCUT2D eigenvalue weighted by Crippen LogP contribution is 2.30. The number of hydrogen-bond acceptors (Lipinski definition) is 7. The average Bonchev–Trinajstić information content (AvgIpc) is 3.31. The van der Waals surface area contributed by atoms with E-state index in [1.54, 1.807) is 42.5 Å². The van der Waals surface area contributed by atoms with Crippen molar-refractivity contribution < 1.29 is 33.3 Å². The van der Waals surface area contributed by atoms with Crippen LogP contribution in [-0.2, 0) is 11.4 Å². The Morgan fingerprint density at radius 3 is 2.58 bits per heavy atom. The highest BCUT2D eigenvalue weighted by molar-refractivity contribution is 6.09. The number of carbonyl (C=O) groups is 2. The SMILES string of the molecule is COc1cccc(NC(=O)C(C#N)=Cc2ccc(OCc3ccc(C(=O)O)o3)c(OC)c2)c1. The van der Waals surface area contributed by atoms with Crippen molar-refractivity contribution in [2.24, 2.45) is 0 Å². The van der Waals surface area contributed by atoms with E-state index >= 15 is 0 Å². The third-order valence-corrected chi connectivity index (χ3v) is 4.43. The van der Waals surface area contributed by atoms with Gasteiger partial charge in [-0.15, -0.1) is 0 Å². The predicted molar refractivity (Wildman–Crippen MR) is 118 cm³/mol. The van der Waals surface area contributed by atoms with Gasteiger partial charge in [-0.3, -0.25) is 4.79 Å². The quantitative estimate of drug-likeness (QED) is 0.369. The summed E-state index contributed by atoms with van der Waals surface area (Å²) >= 11 is 0. The zero-order chi connectivity index (χ0) is 23.8. The zero-order valence-corrected chi connectivity index (χ0v) is 17.8. The number of aromatic carboxylic acids is 1. The molecular formula is C24H20N2O7. The summed E-state index contributed by atoms with van der Waals surface area (Å²) in [6, 6.07) is 16.4. The molecule has 0 unspecified atom stereocenters. The van der Waals surface area contributed by atoms with E-state index in [4.69, 9.17) is 23.7 Å². The molecule has 0 spiro atoms. The van der Waals surface area contributed by atoms with Gasteiger partial charge >= 0.3 is 5.97 Å². The number of carboxylic acid groups (broad SMARTS) is 1. The maximum Gasteiger partial charge on any atom is 0.371 e. The van der Waals surface area contributed by atoms with Gasteiger partial charge in [0.2, 0.25) is 5.76 Å².